The van der Waals surface area contributed by atoms with Crippen LogP contribution in [-0.2, 0) is 4.74 Å². The van der Waals surface area contributed by atoms with E-state index in [1.54, 1.807) is 36.4 Å². The number of carbonyl (C=O) groups excluding carboxylic acids is 1. The highest BCUT2D eigenvalue weighted by Crippen LogP contribution is 2.21. The van der Waals surface area contributed by atoms with E-state index in [0.717, 1.165) is 12.0 Å². The summed E-state index contributed by atoms with van der Waals surface area (Å²) in [5.41, 5.74) is 7.75. The summed E-state index contributed by atoms with van der Waals surface area (Å²) in [5, 5.41) is 6.96. The third kappa shape index (κ3) is 7.29. The van der Waals surface area contributed by atoms with Crippen molar-refractivity contribution in [2.45, 2.75) is 32.0 Å². The summed E-state index contributed by atoms with van der Waals surface area (Å²) < 4.78 is 18.5. The Balaban J connectivity index is 1.63. The molecule has 0 saturated carbocycles. The number of nitrogens with zero attached hydrogens (tertiary/aromatic N) is 1. The van der Waals surface area contributed by atoms with Crippen molar-refractivity contribution in [3.8, 4) is 0 Å². The van der Waals surface area contributed by atoms with Gasteiger partial charge in [0.1, 0.15) is 5.82 Å². The molecule has 0 aliphatic carbocycles. The number of aliphatic imine (C=N–C) groups is 1. The summed E-state index contributed by atoms with van der Waals surface area (Å²) >= 11 is 5.90. The number of benzene rings is 2. The fraction of sp³-hybridized carbons (Fsp3) is 0.364. The zero-order chi connectivity index (χ0) is 22.1. The molecular weight excluding hydrogens is 421 g/mol. The van der Waals surface area contributed by atoms with Crippen LogP contribution in [0.5, 0.6) is 0 Å². The molecule has 1 aliphatic rings. The first-order valence-corrected chi connectivity index (χ1v) is 10.7. The zero-order valence-corrected chi connectivity index (χ0v) is 18.1. The second-order valence-electron chi connectivity index (χ2n) is 7.08. The Hall–Kier alpha value is -2.52. The van der Waals surface area contributed by atoms with Gasteiger partial charge in [-0.1, -0.05) is 23.7 Å². The molecule has 2 aromatic carbocycles. The van der Waals surface area contributed by atoms with E-state index in [4.69, 9.17) is 16.3 Å². The van der Waals surface area contributed by atoms with Crippen molar-refractivity contribution in [2.75, 3.05) is 19.8 Å². The molecule has 2 unspecified atom stereocenters. The smallest absolute Gasteiger partial charge is 0.280 e. The van der Waals surface area contributed by atoms with Gasteiger partial charge < -0.3 is 15.4 Å². The third-order valence-corrected chi connectivity index (χ3v) is 5.01. The Morgan fingerprint density at radius 1 is 1.19 bits per heavy atom. The molecule has 2 atom stereocenters. The normalized spacial score (nSPS) is 18.7. The van der Waals surface area contributed by atoms with Gasteiger partial charge >= 0.3 is 0 Å². The number of hydrogen-bond donors (Lipinski definition) is 4. The van der Waals surface area contributed by atoms with E-state index in [0.29, 0.717) is 42.7 Å². The molecule has 31 heavy (non-hydrogen) atoms. The summed E-state index contributed by atoms with van der Waals surface area (Å²) in [4.78, 5) is 16.8. The van der Waals surface area contributed by atoms with Crippen LogP contribution in [0.2, 0.25) is 5.02 Å². The van der Waals surface area contributed by atoms with Crippen LogP contribution in [0.1, 0.15) is 41.7 Å². The van der Waals surface area contributed by atoms with Crippen LogP contribution in [0.25, 0.3) is 0 Å². The molecule has 1 aliphatic heterocycles. The van der Waals surface area contributed by atoms with E-state index >= 15 is 0 Å². The van der Waals surface area contributed by atoms with Crippen LogP contribution < -0.4 is 21.5 Å². The van der Waals surface area contributed by atoms with Gasteiger partial charge in [0, 0.05) is 42.8 Å². The van der Waals surface area contributed by atoms with Gasteiger partial charge in [0.2, 0.25) is 5.96 Å². The second kappa shape index (κ2) is 11.8. The number of ether oxygens (including phenoxy) is 1. The van der Waals surface area contributed by atoms with E-state index in [9.17, 15) is 9.18 Å². The van der Waals surface area contributed by atoms with Gasteiger partial charge in [-0.15, -0.1) is 0 Å². The first-order valence-electron chi connectivity index (χ1n) is 10.3. The van der Waals surface area contributed by atoms with Crippen LogP contribution in [0.3, 0.4) is 0 Å². The lowest BCUT2D eigenvalue weighted by Crippen LogP contribution is -2.49. The van der Waals surface area contributed by atoms with Crippen molar-refractivity contribution in [3.63, 3.8) is 0 Å². The molecule has 1 amide bonds. The summed E-state index contributed by atoms with van der Waals surface area (Å²) in [6.07, 6.45) is 1.28. The predicted molar refractivity (Wildman–Crippen MR) is 119 cm³/mol. The summed E-state index contributed by atoms with van der Waals surface area (Å²) in [5.74, 6) is -0.274. The lowest BCUT2D eigenvalue weighted by molar-refractivity contribution is 0.100. The van der Waals surface area contributed by atoms with Crippen LogP contribution >= 0.6 is 11.6 Å². The number of carbonyl (C=O) groups is 1. The first-order chi connectivity index (χ1) is 15.0. The van der Waals surface area contributed by atoms with Crippen molar-refractivity contribution in [2.24, 2.45) is 4.99 Å². The minimum Gasteiger partial charge on any atom is -0.382 e. The molecular formula is C22H27ClFN5O2. The summed E-state index contributed by atoms with van der Waals surface area (Å²) in [6.45, 7) is 3.83. The number of hydrogen-bond acceptors (Lipinski definition) is 4. The van der Waals surface area contributed by atoms with Crippen LogP contribution in [0.4, 0.5) is 4.39 Å². The topological polar surface area (TPSA) is 86.8 Å². The molecule has 4 N–H and O–H groups in total. The molecule has 9 heteroatoms. The van der Waals surface area contributed by atoms with E-state index in [1.807, 2.05) is 6.92 Å². The van der Waals surface area contributed by atoms with Crippen molar-refractivity contribution in [1.82, 2.24) is 21.5 Å². The second-order valence-corrected chi connectivity index (χ2v) is 7.51. The predicted octanol–water partition coefficient (Wildman–Crippen LogP) is 3.15. The van der Waals surface area contributed by atoms with Crippen molar-refractivity contribution < 1.29 is 13.9 Å². The maximum absolute atomic E-state index is 13.2. The summed E-state index contributed by atoms with van der Waals surface area (Å²) in [7, 11) is 0. The fourth-order valence-corrected chi connectivity index (χ4v) is 3.26. The van der Waals surface area contributed by atoms with Crippen molar-refractivity contribution in [3.05, 3.63) is 70.5 Å². The third-order valence-electron chi connectivity index (χ3n) is 4.75. The average Bonchev–Trinajstić information content (AvgIpc) is 3.23. The minimum atomic E-state index is -0.377. The maximum atomic E-state index is 13.2. The lowest BCUT2D eigenvalue weighted by atomic mass is 10.0. The van der Waals surface area contributed by atoms with Crippen molar-refractivity contribution in [1.29, 1.82) is 0 Å². The monoisotopic (exact) mass is 447 g/mol. The molecule has 2 aromatic rings. The molecule has 1 fully saturated rings. The Morgan fingerprint density at radius 2 is 1.94 bits per heavy atom. The van der Waals surface area contributed by atoms with E-state index in [1.165, 1.54) is 12.1 Å². The largest absolute Gasteiger partial charge is 0.382 e. The Morgan fingerprint density at radius 3 is 2.65 bits per heavy atom. The van der Waals surface area contributed by atoms with Gasteiger partial charge in [0.25, 0.3) is 5.91 Å². The van der Waals surface area contributed by atoms with Crippen LogP contribution in [-0.4, -0.2) is 37.8 Å². The summed E-state index contributed by atoms with van der Waals surface area (Å²) in [6, 6.07) is 13.0. The SMILES string of the molecule is CCOCCCN/C(=N/C(=O)c1ccc(Cl)cc1)NC1CC(c2ccc(F)cc2)NN1. The lowest BCUT2D eigenvalue weighted by Gasteiger charge is -2.17. The Bertz CT molecular complexity index is 876. The van der Waals surface area contributed by atoms with Crippen LogP contribution in [0.15, 0.2) is 53.5 Å². The molecule has 1 saturated heterocycles. The Kier molecular flexibility index (Phi) is 8.78. The minimum absolute atomic E-state index is 0.00395. The van der Waals surface area contributed by atoms with E-state index < -0.39 is 0 Å². The van der Waals surface area contributed by atoms with Gasteiger partial charge in [-0.3, -0.25) is 4.79 Å². The number of guanidine groups is 1. The molecule has 0 bridgehead atoms. The molecule has 7 nitrogen and oxygen atoms in total. The fourth-order valence-electron chi connectivity index (χ4n) is 3.14. The quantitative estimate of drug-likeness (QED) is 0.282. The highest BCUT2D eigenvalue weighted by atomic mass is 35.5. The molecule has 0 radical (unpaired) electrons. The number of hydrazine groups is 1. The first kappa shape index (κ1) is 23.1. The number of nitrogens with one attached hydrogen (secondary N) is 4. The standard InChI is InChI=1S/C22H27ClFN5O2/c1-2-31-13-3-12-25-22(27-21(30)16-4-8-17(23)9-5-16)26-20-14-19(28-29-20)15-6-10-18(24)11-7-15/h4-11,19-20,28-29H,2-3,12-14H2,1H3,(H2,25,26,27,30). The zero-order valence-electron chi connectivity index (χ0n) is 17.3. The van der Waals surface area contributed by atoms with Crippen LogP contribution in [0, 0.1) is 5.82 Å². The van der Waals surface area contributed by atoms with Gasteiger partial charge in [0.15, 0.2) is 0 Å². The molecule has 0 spiro atoms. The number of rotatable bonds is 8. The van der Waals surface area contributed by atoms with Gasteiger partial charge in [-0.05, 0) is 55.3 Å². The highest BCUT2D eigenvalue weighted by molar-refractivity contribution is 6.30. The van der Waals surface area contributed by atoms with Gasteiger partial charge in [-0.2, -0.15) is 4.99 Å². The van der Waals surface area contributed by atoms with E-state index in [2.05, 4.69) is 26.5 Å². The molecule has 0 aromatic heterocycles. The van der Waals surface area contributed by atoms with Gasteiger partial charge in [0.05, 0.1) is 6.17 Å². The number of amides is 1. The van der Waals surface area contributed by atoms with Gasteiger partial charge in [-0.25, -0.2) is 15.2 Å². The molecule has 3 rings (SSSR count). The molecule has 1 heterocycles. The Labute approximate surface area is 186 Å². The maximum Gasteiger partial charge on any atom is 0.280 e. The van der Waals surface area contributed by atoms with Crippen molar-refractivity contribution >= 4 is 23.5 Å². The highest BCUT2D eigenvalue weighted by Gasteiger charge is 2.26. The van der Waals surface area contributed by atoms with E-state index in [-0.39, 0.29) is 23.9 Å². The average molecular weight is 448 g/mol. The molecule has 166 valence electrons. The number of halogens is 2.